The number of rotatable bonds is 4. The summed E-state index contributed by atoms with van der Waals surface area (Å²) in [5.41, 5.74) is 0. The molecule has 0 unspecified atom stereocenters. The van der Waals surface area contributed by atoms with Crippen LogP contribution in [0.1, 0.15) is 33.1 Å². The van der Waals surface area contributed by atoms with Gasteiger partial charge in [0, 0.05) is 38.8 Å². The molecule has 17 heavy (non-hydrogen) atoms. The van der Waals surface area contributed by atoms with Crippen LogP contribution in [0, 0.1) is 5.92 Å². The van der Waals surface area contributed by atoms with Crippen LogP contribution in [-0.2, 0) is 0 Å². The molecule has 0 radical (unpaired) electrons. The van der Waals surface area contributed by atoms with Crippen molar-refractivity contribution in [3.63, 3.8) is 0 Å². The highest BCUT2D eigenvalue weighted by Gasteiger charge is 2.34. The van der Waals surface area contributed by atoms with Gasteiger partial charge in [-0.05, 0) is 25.2 Å². The highest BCUT2D eigenvalue weighted by molar-refractivity contribution is 5.75. The van der Waals surface area contributed by atoms with Gasteiger partial charge in [-0.25, -0.2) is 4.79 Å². The Morgan fingerprint density at radius 2 is 2.00 bits per heavy atom. The van der Waals surface area contributed by atoms with E-state index < -0.39 is 0 Å². The number of nitrogens with zero attached hydrogens (tertiary/aromatic N) is 2. The predicted molar refractivity (Wildman–Crippen MR) is 69.0 cm³/mol. The third kappa shape index (κ3) is 3.60. The average molecular weight is 239 g/mol. The maximum Gasteiger partial charge on any atom is 0.320 e. The van der Waals surface area contributed by atoms with E-state index in [-0.39, 0.29) is 6.03 Å². The molecule has 4 heteroatoms. The third-order valence-corrected chi connectivity index (χ3v) is 3.57. The average Bonchev–Trinajstić information content (AvgIpc) is 3.14. The number of urea groups is 1. The zero-order valence-electron chi connectivity index (χ0n) is 11.1. The molecule has 1 aliphatic heterocycles. The SMILES string of the molecule is CC(C)CCN(C(=O)N1CCNCC1)C1CC1. The van der Waals surface area contributed by atoms with Crippen molar-refractivity contribution in [1.29, 1.82) is 0 Å². The van der Waals surface area contributed by atoms with Gasteiger partial charge in [-0.2, -0.15) is 0 Å². The molecule has 1 heterocycles. The van der Waals surface area contributed by atoms with Crippen molar-refractivity contribution in [2.75, 3.05) is 32.7 Å². The highest BCUT2D eigenvalue weighted by Crippen LogP contribution is 2.28. The molecule has 0 aromatic rings. The van der Waals surface area contributed by atoms with E-state index >= 15 is 0 Å². The lowest BCUT2D eigenvalue weighted by Gasteiger charge is -2.33. The van der Waals surface area contributed by atoms with Crippen molar-refractivity contribution in [3.05, 3.63) is 0 Å². The van der Waals surface area contributed by atoms with Crippen LogP contribution in [0.2, 0.25) is 0 Å². The van der Waals surface area contributed by atoms with Gasteiger partial charge in [0.05, 0.1) is 0 Å². The fraction of sp³-hybridized carbons (Fsp3) is 0.923. The fourth-order valence-electron chi connectivity index (χ4n) is 2.26. The lowest BCUT2D eigenvalue weighted by Crippen LogP contribution is -2.52. The Balaban J connectivity index is 1.87. The molecular formula is C13H25N3O. The number of carbonyl (C=O) groups excluding carboxylic acids is 1. The summed E-state index contributed by atoms with van der Waals surface area (Å²) < 4.78 is 0. The number of piperazine rings is 1. The first-order valence-corrected chi connectivity index (χ1v) is 6.94. The maximum atomic E-state index is 12.4. The molecule has 1 saturated heterocycles. The first-order chi connectivity index (χ1) is 8.18. The number of hydrogen-bond donors (Lipinski definition) is 1. The lowest BCUT2D eigenvalue weighted by molar-refractivity contribution is 0.141. The Bertz CT molecular complexity index is 257. The molecule has 4 nitrogen and oxygen atoms in total. The second-order valence-corrected chi connectivity index (χ2v) is 5.63. The summed E-state index contributed by atoms with van der Waals surface area (Å²) in [6.07, 6.45) is 3.53. The van der Waals surface area contributed by atoms with Gasteiger partial charge in [-0.15, -0.1) is 0 Å². The Kier molecular flexibility index (Phi) is 4.26. The molecule has 2 amide bonds. The number of carbonyl (C=O) groups is 1. The van der Waals surface area contributed by atoms with Crippen LogP contribution in [0.4, 0.5) is 4.79 Å². The zero-order valence-corrected chi connectivity index (χ0v) is 11.1. The summed E-state index contributed by atoms with van der Waals surface area (Å²) in [5, 5.41) is 3.29. The molecule has 98 valence electrons. The Morgan fingerprint density at radius 1 is 1.35 bits per heavy atom. The molecule has 1 saturated carbocycles. The van der Waals surface area contributed by atoms with Crippen LogP contribution in [0.3, 0.4) is 0 Å². The Hall–Kier alpha value is -0.770. The van der Waals surface area contributed by atoms with E-state index in [2.05, 4.69) is 24.1 Å². The van der Waals surface area contributed by atoms with Crippen LogP contribution in [0.5, 0.6) is 0 Å². The van der Waals surface area contributed by atoms with Crippen molar-refractivity contribution in [2.24, 2.45) is 5.92 Å². The highest BCUT2D eigenvalue weighted by atomic mass is 16.2. The van der Waals surface area contributed by atoms with E-state index in [1.54, 1.807) is 0 Å². The van der Waals surface area contributed by atoms with Crippen LogP contribution in [0.15, 0.2) is 0 Å². The van der Waals surface area contributed by atoms with Gasteiger partial charge in [0.15, 0.2) is 0 Å². The molecular weight excluding hydrogens is 214 g/mol. The first-order valence-electron chi connectivity index (χ1n) is 6.94. The molecule has 0 bridgehead atoms. The van der Waals surface area contributed by atoms with E-state index in [9.17, 15) is 4.79 Å². The molecule has 0 atom stereocenters. The molecule has 1 aliphatic carbocycles. The van der Waals surface area contributed by atoms with Crippen molar-refractivity contribution in [3.8, 4) is 0 Å². The van der Waals surface area contributed by atoms with Crippen LogP contribution >= 0.6 is 0 Å². The number of hydrogen-bond acceptors (Lipinski definition) is 2. The van der Waals surface area contributed by atoms with E-state index in [4.69, 9.17) is 0 Å². The van der Waals surface area contributed by atoms with Gasteiger partial charge in [-0.1, -0.05) is 13.8 Å². The smallest absolute Gasteiger partial charge is 0.320 e. The third-order valence-electron chi connectivity index (χ3n) is 3.57. The van der Waals surface area contributed by atoms with Crippen molar-refractivity contribution in [2.45, 2.75) is 39.2 Å². The fourth-order valence-corrected chi connectivity index (χ4v) is 2.26. The van der Waals surface area contributed by atoms with Gasteiger partial charge < -0.3 is 15.1 Å². The van der Waals surface area contributed by atoms with Crippen molar-refractivity contribution >= 4 is 6.03 Å². The second-order valence-electron chi connectivity index (χ2n) is 5.63. The summed E-state index contributed by atoms with van der Waals surface area (Å²) in [5.74, 6) is 0.673. The molecule has 0 spiro atoms. The normalized spacial score (nSPS) is 20.8. The molecule has 0 aromatic heterocycles. The van der Waals surface area contributed by atoms with E-state index in [0.29, 0.717) is 12.0 Å². The summed E-state index contributed by atoms with van der Waals surface area (Å²) in [6.45, 7) is 8.99. The summed E-state index contributed by atoms with van der Waals surface area (Å²) in [6, 6.07) is 0.811. The minimum absolute atomic E-state index is 0.273. The van der Waals surface area contributed by atoms with Gasteiger partial charge >= 0.3 is 6.03 Å². The van der Waals surface area contributed by atoms with E-state index in [1.165, 1.54) is 12.8 Å². The second kappa shape index (κ2) is 5.71. The first kappa shape index (κ1) is 12.7. The topological polar surface area (TPSA) is 35.6 Å². The van der Waals surface area contributed by atoms with E-state index in [1.807, 2.05) is 4.90 Å². The molecule has 2 fully saturated rings. The monoisotopic (exact) mass is 239 g/mol. The largest absolute Gasteiger partial charge is 0.322 e. The summed E-state index contributed by atoms with van der Waals surface area (Å²) in [7, 11) is 0. The number of nitrogens with one attached hydrogen (secondary N) is 1. The van der Waals surface area contributed by atoms with Gasteiger partial charge in [0.25, 0.3) is 0 Å². The summed E-state index contributed by atoms with van der Waals surface area (Å²) >= 11 is 0. The minimum atomic E-state index is 0.273. The van der Waals surface area contributed by atoms with Crippen LogP contribution in [0.25, 0.3) is 0 Å². The minimum Gasteiger partial charge on any atom is -0.322 e. The van der Waals surface area contributed by atoms with Gasteiger partial charge in [-0.3, -0.25) is 0 Å². The molecule has 1 N–H and O–H groups in total. The van der Waals surface area contributed by atoms with Crippen LogP contribution in [-0.4, -0.2) is 54.6 Å². The van der Waals surface area contributed by atoms with Crippen molar-refractivity contribution in [1.82, 2.24) is 15.1 Å². The van der Waals surface area contributed by atoms with E-state index in [0.717, 1.165) is 39.1 Å². The zero-order chi connectivity index (χ0) is 12.3. The molecule has 2 rings (SSSR count). The van der Waals surface area contributed by atoms with Crippen molar-refractivity contribution < 1.29 is 4.79 Å². The lowest BCUT2D eigenvalue weighted by atomic mass is 10.1. The van der Waals surface area contributed by atoms with Gasteiger partial charge in [0.2, 0.25) is 0 Å². The molecule has 2 aliphatic rings. The van der Waals surface area contributed by atoms with Crippen LogP contribution < -0.4 is 5.32 Å². The molecule has 0 aromatic carbocycles. The quantitative estimate of drug-likeness (QED) is 0.807. The standard InChI is InChI=1S/C13H25N3O/c1-11(2)5-8-16(12-3-4-12)13(17)15-9-6-14-7-10-15/h11-12,14H,3-10H2,1-2H3. The maximum absolute atomic E-state index is 12.4. The number of amides is 2. The Labute approximate surface area is 104 Å². The van der Waals surface area contributed by atoms with Gasteiger partial charge in [0.1, 0.15) is 0 Å². The Morgan fingerprint density at radius 3 is 2.53 bits per heavy atom. The predicted octanol–water partition coefficient (Wildman–Crippen LogP) is 1.52. The summed E-state index contributed by atoms with van der Waals surface area (Å²) in [4.78, 5) is 16.5.